The van der Waals surface area contributed by atoms with Crippen LogP contribution >= 0.6 is 0 Å². The number of fused-ring (bicyclic) bond motifs is 6. The number of nitrogens with zero attached hydrogens (tertiary/aromatic N) is 5. The van der Waals surface area contributed by atoms with Crippen LogP contribution in [0.4, 0.5) is 11.4 Å². The van der Waals surface area contributed by atoms with Gasteiger partial charge in [-0.3, -0.25) is 0 Å². The molecule has 7 aromatic rings. The van der Waals surface area contributed by atoms with E-state index < -0.39 is 0 Å². The van der Waals surface area contributed by atoms with Gasteiger partial charge in [-0.2, -0.15) is 0 Å². The highest BCUT2D eigenvalue weighted by Gasteiger charge is 2.33. The summed E-state index contributed by atoms with van der Waals surface area (Å²) in [5.41, 5.74) is 12.2. The van der Waals surface area contributed by atoms with Gasteiger partial charge in [0, 0.05) is 43.8 Å². The van der Waals surface area contributed by atoms with Crippen molar-refractivity contribution in [1.82, 2.24) is 15.4 Å². The number of hydrogen-bond donors (Lipinski definition) is 0. The summed E-state index contributed by atoms with van der Waals surface area (Å²) >= 11 is 0. The Hall–Kier alpha value is -6.07. The van der Waals surface area contributed by atoms with Gasteiger partial charge in [0.05, 0.1) is 34.0 Å². The maximum absolute atomic E-state index is 5.42. The molecule has 0 fully saturated rings. The molecule has 0 saturated carbocycles. The van der Waals surface area contributed by atoms with Crippen LogP contribution in [0, 0.1) is 10.4 Å². The number of hydrogen-bond acceptors (Lipinski definition) is 5. The SMILES string of the molecule is c1ccc(-c2c3c(c(-c4ccnnn4)c(-c4ccccc4)c2-c2ccccc2)-c2c4c(ccc2=N3)=c2ccccc2=N4)cc1. The van der Waals surface area contributed by atoms with Gasteiger partial charge < -0.3 is 0 Å². The first-order valence-corrected chi connectivity index (χ1v) is 14.6. The van der Waals surface area contributed by atoms with Gasteiger partial charge in [0.15, 0.2) is 0 Å². The molecule has 5 heteroatoms. The standard InChI is InChI=1S/C39H23N5/c1-4-12-24(13-5-1)32-33(25-14-6-2-7-15-25)35(31-22-23-40-44-43-31)37-36-30(42-39(37)34(32)26-16-8-3-9-17-26)21-20-28-27-18-10-11-19-29(27)41-38(28)36/h1-23H. The summed E-state index contributed by atoms with van der Waals surface area (Å²) in [7, 11) is 0. The monoisotopic (exact) mass is 561 g/mol. The van der Waals surface area contributed by atoms with E-state index in [1.54, 1.807) is 6.20 Å². The summed E-state index contributed by atoms with van der Waals surface area (Å²) in [5.74, 6) is 0. The average Bonchev–Trinajstić information content (AvgIpc) is 3.67. The lowest BCUT2D eigenvalue weighted by Gasteiger charge is -2.24. The maximum Gasteiger partial charge on any atom is 0.0976 e. The number of benzene rings is 6. The summed E-state index contributed by atoms with van der Waals surface area (Å²) in [4.78, 5) is 10.6. The fraction of sp³-hybridized carbons (Fsp3) is 0. The zero-order chi connectivity index (χ0) is 29.0. The normalized spacial score (nSPS) is 12.0. The van der Waals surface area contributed by atoms with Crippen molar-refractivity contribution in [3.63, 3.8) is 0 Å². The summed E-state index contributed by atoms with van der Waals surface area (Å²) in [5, 5.41) is 16.9. The third-order valence-electron chi connectivity index (χ3n) is 8.48. The van der Waals surface area contributed by atoms with Crippen LogP contribution in [-0.2, 0) is 0 Å². The van der Waals surface area contributed by atoms with E-state index in [0.29, 0.717) is 0 Å². The molecule has 0 N–H and O–H groups in total. The van der Waals surface area contributed by atoms with E-state index in [0.717, 1.165) is 88.3 Å². The molecule has 0 aliphatic carbocycles. The Balaban J connectivity index is 1.55. The van der Waals surface area contributed by atoms with Gasteiger partial charge in [-0.1, -0.05) is 109 Å². The molecule has 0 atom stereocenters. The van der Waals surface area contributed by atoms with Crippen LogP contribution in [0.2, 0.25) is 0 Å². The molecule has 0 bridgehead atoms. The third kappa shape index (κ3) is 3.63. The van der Waals surface area contributed by atoms with Crippen LogP contribution in [0.1, 0.15) is 0 Å². The number of para-hydroxylation sites is 1. The van der Waals surface area contributed by atoms with Crippen molar-refractivity contribution < 1.29 is 0 Å². The Bertz CT molecular complexity index is 2460. The minimum absolute atomic E-state index is 0.739. The van der Waals surface area contributed by atoms with Crippen molar-refractivity contribution in [1.29, 1.82) is 0 Å². The van der Waals surface area contributed by atoms with Crippen molar-refractivity contribution in [2.45, 2.75) is 0 Å². The minimum Gasteiger partial charge on any atom is -0.247 e. The van der Waals surface area contributed by atoms with E-state index in [2.05, 4.69) is 137 Å². The molecule has 2 aliphatic rings. The smallest absolute Gasteiger partial charge is 0.0976 e. The molecule has 0 spiro atoms. The topological polar surface area (TPSA) is 63.4 Å². The van der Waals surface area contributed by atoms with Gasteiger partial charge in [0.1, 0.15) is 0 Å². The molecule has 1 aromatic heterocycles. The summed E-state index contributed by atoms with van der Waals surface area (Å²) < 4.78 is 0. The molecule has 204 valence electrons. The average molecular weight is 562 g/mol. The van der Waals surface area contributed by atoms with Crippen molar-refractivity contribution >= 4 is 11.4 Å². The third-order valence-corrected chi connectivity index (χ3v) is 8.48. The van der Waals surface area contributed by atoms with Crippen molar-refractivity contribution in [2.24, 2.45) is 9.98 Å². The van der Waals surface area contributed by atoms with Gasteiger partial charge >= 0.3 is 0 Å². The first-order valence-electron chi connectivity index (χ1n) is 14.6. The lowest BCUT2D eigenvalue weighted by molar-refractivity contribution is 0.871. The van der Waals surface area contributed by atoms with Crippen molar-refractivity contribution in [3.05, 3.63) is 161 Å². The second-order valence-corrected chi connectivity index (χ2v) is 10.9. The fourth-order valence-corrected chi connectivity index (χ4v) is 6.69. The lowest BCUT2D eigenvalue weighted by atomic mass is 9.79. The minimum atomic E-state index is 0.739. The summed E-state index contributed by atoms with van der Waals surface area (Å²) in [6, 6.07) is 46.3. The largest absolute Gasteiger partial charge is 0.247 e. The molecule has 9 rings (SSSR count). The molecule has 2 aliphatic heterocycles. The first kappa shape index (κ1) is 24.5. The highest BCUT2D eigenvalue weighted by atomic mass is 15.3. The predicted molar refractivity (Wildman–Crippen MR) is 173 cm³/mol. The predicted octanol–water partition coefficient (Wildman–Crippen LogP) is 8.02. The highest BCUT2D eigenvalue weighted by Crippen LogP contribution is 2.57. The van der Waals surface area contributed by atoms with Gasteiger partial charge in [0.25, 0.3) is 0 Å². The zero-order valence-electron chi connectivity index (χ0n) is 23.5. The Labute approximate surface area is 252 Å². The van der Waals surface area contributed by atoms with Crippen LogP contribution in [-0.4, -0.2) is 15.4 Å². The molecular weight excluding hydrogens is 538 g/mol. The molecule has 0 amide bonds. The molecular formula is C39H23N5. The molecule has 6 aromatic carbocycles. The van der Waals surface area contributed by atoms with E-state index in [9.17, 15) is 0 Å². The molecule has 44 heavy (non-hydrogen) atoms. The maximum atomic E-state index is 5.42. The van der Waals surface area contributed by atoms with Crippen LogP contribution < -0.4 is 10.7 Å². The molecule has 0 saturated heterocycles. The Morgan fingerprint density at radius 3 is 1.61 bits per heavy atom. The second kappa shape index (κ2) is 9.75. The van der Waals surface area contributed by atoms with E-state index in [1.165, 1.54) is 0 Å². The van der Waals surface area contributed by atoms with E-state index in [4.69, 9.17) is 9.98 Å². The highest BCUT2D eigenvalue weighted by molar-refractivity contribution is 6.14. The van der Waals surface area contributed by atoms with Gasteiger partial charge in [0.2, 0.25) is 0 Å². The Morgan fingerprint density at radius 2 is 0.955 bits per heavy atom. The van der Waals surface area contributed by atoms with Crippen LogP contribution in [0.25, 0.3) is 55.8 Å². The quantitative estimate of drug-likeness (QED) is 0.219. The van der Waals surface area contributed by atoms with Crippen LogP contribution in [0.5, 0.6) is 0 Å². The summed E-state index contributed by atoms with van der Waals surface area (Å²) in [6.07, 6.45) is 1.71. The van der Waals surface area contributed by atoms with E-state index in [1.807, 2.05) is 12.1 Å². The zero-order valence-corrected chi connectivity index (χ0v) is 23.5. The molecule has 0 radical (unpaired) electrons. The van der Waals surface area contributed by atoms with Crippen molar-refractivity contribution in [2.75, 3.05) is 0 Å². The van der Waals surface area contributed by atoms with Gasteiger partial charge in [-0.05, 0) is 46.2 Å². The Morgan fingerprint density at radius 1 is 0.364 bits per heavy atom. The lowest BCUT2D eigenvalue weighted by Crippen LogP contribution is -2.03. The fourth-order valence-electron chi connectivity index (χ4n) is 6.69. The molecule has 0 unspecified atom stereocenters. The van der Waals surface area contributed by atoms with Crippen LogP contribution in [0.15, 0.2) is 150 Å². The van der Waals surface area contributed by atoms with Gasteiger partial charge in [-0.25, -0.2) is 9.98 Å². The Kier molecular flexibility index (Phi) is 5.43. The van der Waals surface area contributed by atoms with E-state index >= 15 is 0 Å². The van der Waals surface area contributed by atoms with Gasteiger partial charge in [-0.15, -0.1) is 10.2 Å². The number of rotatable bonds is 4. The summed E-state index contributed by atoms with van der Waals surface area (Å²) in [6.45, 7) is 0. The molecule has 5 nitrogen and oxygen atoms in total. The number of aromatic nitrogens is 3. The first-order chi connectivity index (χ1) is 21.9. The van der Waals surface area contributed by atoms with Crippen LogP contribution in [0.3, 0.4) is 0 Å². The van der Waals surface area contributed by atoms with E-state index in [-0.39, 0.29) is 0 Å². The molecule has 3 heterocycles. The second-order valence-electron chi connectivity index (χ2n) is 10.9. The van der Waals surface area contributed by atoms with Crippen molar-refractivity contribution in [3.8, 4) is 55.8 Å².